The molecule has 1 saturated heterocycles. The zero-order valence-electron chi connectivity index (χ0n) is 23.4. The van der Waals surface area contributed by atoms with Crippen molar-refractivity contribution in [1.29, 1.82) is 0 Å². The van der Waals surface area contributed by atoms with Crippen molar-refractivity contribution in [2.75, 3.05) is 25.1 Å². The van der Waals surface area contributed by atoms with Crippen molar-refractivity contribution in [3.8, 4) is 17.6 Å². The SMILES string of the molecule is [2H]C([2H])(O[P@@](=O)(C[C@@H](C)C(=O)OC(C)C)Oc1ccccc1)[C@H]1O[C@@H](n2cnc(N)nc2=O)C(N)(C#CCF)[C@H]1O. The summed E-state index contributed by atoms with van der Waals surface area (Å²) in [6, 6.07) is 7.66. The molecular formula is C24H31FN5O8P. The maximum atomic E-state index is 14.0. The summed E-state index contributed by atoms with van der Waals surface area (Å²) in [7, 11) is -4.58. The molecule has 0 saturated carbocycles. The minimum Gasteiger partial charge on any atom is -0.463 e. The molecule has 2 heterocycles. The Hall–Kier alpha value is -3.34. The van der Waals surface area contributed by atoms with Crippen LogP contribution in [0.3, 0.4) is 0 Å². The lowest BCUT2D eigenvalue weighted by atomic mass is 9.91. The molecule has 39 heavy (non-hydrogen) atoms. The second kappa shape index (κ2) is 12.7. The zero-order chi connectivity index (χ0) is 30.6. The normalized spacial score (nSPS) is 26.0. The van der Waals surface area contributed by atoms with Crippen LogP contribution in [-0.4, -0.2) is 68.9 Å². The van der Waals surface area contributed by atoms with Crippen LogP contribution in [-0.2, 0) is 23.4 Å². The number of carbonyl (C=O) groups is 1. The van der Waals surface area contributed by atoms with E-state index in [1.54, 1.807) is 32.0 Å². The third-order valence-electron chi connectivity index (χ3n) is 5.38. The number of nitrogen functional groups attached to an aromatic ring is 1. The Labute approximate surface area is 227 Å². The first kappa shape index (κ1) is 27.2. The summed E-state index contributed by atoms with van der Waals surface area (Å²) in [5.41, 5.74) is 8.36. The molecule has 2 aromatic rings. The lowest BCUT2D eigenvalue weighted by Gasteiger charge is -2.27. The van der Waals surface area contributed by atoms with Gasteiger partial charge in [-0.2, -0.15) is 4.98 Å². The molecule has 0 aliphatic carbocycles. The van der Waals surface area contributed by atoms with Crippen LogP contribution >= 0.6 is 7.60 Å². The first-order valence-corrected chi connectivity index (χ1v) is 13.5. The monoisotopic (exact) mass is 569 g/mol. The fourth-order valence-electron chi connectivity index (χ4n) is 3.57. The average Bonchev–Trinajstić information content (AvgIpc) is 3.13. The number of rotatable bonds is 10. The van der Waals surface area contributed by atoms with Crippen LogP contribution in [0, 0.1) is 17.8 Å². The van der Waals surface area contributed by atoms with Crippen LogP contribution in [0.25, 0.3) is 0 Å². The quantitative estimate of drug-likeness (QED) is 0.209. The number of aliphatic hydroxyl groups excluding tert-OH is 1. The molecule has 1 aliphatic rings. The van der Waals surface area contributed by atoms with Crippen molar-refractivity contribution in [3.05, 3.63) is 47.1 Å². The smallest absolute Gasteiger partial charge is 0.380 e. The summed E-state index contributed by atoms with van der Waals surface area (Å²) in [6.07, 6.45) is -6.14. The highest BCUT2D eigenvalue weighted by molar-refractivity contribution is 7.54. The highest BCUT2D eigenvalue weighted by atomic mass is 31.2. The number of halogens is 1. The van der Waals surface area contributed by atoms with Gasteiger partial charge in [-0.3, -0.25) is 13.9 Å². The topological polar surface area (TPSA) is 191 Å². The van der Waals surface area contributed by atoms with Crippen molar-refractivity contribution in [1.82, 2.24) is 14.5 Å². The second-order valence-electron chi connectivity index (χ2n) is 8.92. The van der Waals surface area contributed by atoms with E-state index < -0.39 is 74.6 Å². The van der Waals surface area contributed by atoms with Crippen LogP contribution in [0.1, 0.15) is 29.7 Å². The van der Waals surface area contributed by atoms with Crippen molar-refractivity contribution in [2.24, 2.45) is 11.7 Å². The van der Waals surface area contributed by atoms with Gasteiger partial charge < -0.3 is 30.6 Å². The number of benzene rings is 1. The van der Waals surface area contributed by atoms with E-state index in [0.717, 1.165) is 6.33 Å². The number of para-hydroxylation sites is 1. The van der Waals surface area contributed by atoms with Crippen LogP contribution in [0.2, 0.25) is 0 Å². The number of nitrogens with zero attached hydrogens (tertiary/aromatic N) is 3. The maximum absolute atomic E-state index is 14.0. The Morgan fingerprint density at radius 2 is 2.08 bits per heavy atom. The molecule has 1 aliphatic heterocycles. The molecular weight excluding hydrogens is 536 g/mol. The van der Waals surface area contributed by atoms with Gasteiger partial charge in [-0.15, -0.1) is 0 Å². The van der Waals surface area contributed by atoms with Crippen molar-refractivity contribution in [2.45, 2.75) is 50.8 Å². The third kappa shape index (κ3) is 7.40. The lowest BCUT2D eigenvalue weighted by Crippen LogP contribution is -2.55. The van der Waals surface area contributed by atoms with Crippen LogP contribution in [0.15, 0.2) is 41.5 Å². The Morgan fingerprint density at radius 3 is 2.69 bits per heavy atom. The molecule has 15 heteroatoms. The average molecular weight is 570 g/mol. The Bertz CT molecular complexity index is 1410. The van der Waals surface area contributed by atoms with Gasteiger partial charge in [-0.05, 0) is 26.0 Å². The summed E-state index contributed by atoms with van der Waals surface area (Å²) >= 11 is 0. The maximum Gasteiger partial charge on any atom is 0.380 e. The predicted molar refractivity (Wildman–Crippen MR) is 137 cm³/mol. The standard InChI is InChI=1S/C24H31FN5O8P/c1-15(2)36-20(32)16(3)13-39(34,38-17-8-5-4-6-9-17)35-12-18-19(31)24(27,10-7-11-25)21(37-18)30-14-28-22(26)29-23(30)33/h4-6,8-9,14-16,18-19,21,31H,11-13,27H2,1-3H3,(H2,26,29,33)/t16-,18-,19+,21-,24?,39+/m1/s1/i12D2. The Kier molecular flexibility index (Phi) is 8.85. The molecule has 1 unspecified atom stereocenters. The Balaban J connectivity index is 2.00. The number of carbonyl (C=O) groups excluding carboxylic acids is 1. The van der Waals surface area contributed by atoms with Crippen LogP contribution in [0.5, 0.6) is 5.75 Å². The molecule has 1 fully saturated rings. The summed E-state index contributed by atoms with van der Waals surface area (Å²) in [5.74, 6) is 2.15. The zero-order valence-corrected chi connectivity index (χ0v) is 22.3. The summed E-state index contributed by atoms with van der Waals surface area (Å²) in [5, 5.41) is 11.1. The first-order chi connectivity index (χ1) is 19.1. The molecule has 1 aromatic heterocycles. The van der Waals surface area contributed by atoms with Gasteiger partial charge in [0.2, 0.25) is 5.95 Å². The van der Waals surface area contributed by atoms with E-state index in [4.69, 9.17) is 32.7 Å². The van der Waals surface area contributed by atoms with Gasteiger partial charge in [-0.1, -0.05) is 37.0 Å². The number of aromatic nitrogens is 3. The number of anilines is 1. The number of nitrogens with two attached hydrogens (primary N) is 2. The van der Waals surface area contributed by atoms with Crippen LogP contribution in [0.4, 0.5) is 10.3 Å². The first-order valence-electron chi connectivity index (χ1n) is 12.8. The second-order valence-corrected chi connectivity index (χ2v) is 10.9. The Morgan fingerprint density at radius 1 is 1.38 bits per heavy atom. The van der Waals surface area contributed by atoms with Gasteiger partial charge in [0.1, 0.15) is 31.0 Å². The van der Waals surface area contributed by atoms with E-state index in [1.165, 1.54) is 19.1 Å². The van der Waals surface area contributed by atoms with Gasteiger partial charge in [0.15, 0.2) is 11.8 Å². The number of aliphatic hydroxyl groups is 1. The van der Waals surface area contributed by atoms with Gasteiger partial charge in [0, 0.05) is 0 Å². The third-order valence-corrected chi connectivity index (χ3v) is 7.24. The van der Waals surface area contributed by atoms with Gasteiger partial charge in [0.05, 0.1) is 27.5 Å². The summed E-state index contributed by atoms with van der Waals surface area (Å²) < 4.78 is 66.7. The number of alkyl halides is 1. The minimum absolute atomic E-state index is 0.0365. The van der Waals surface area contributed by atoms with Gasteiger partial charge >= 0.3 is 19.3 Å². The molecule has 0 amide bonds. The molecule has 6 atom stereocenters. The van der Waals surface area contributed by atoms with E-state index >= 15 is 0 Å². The van der Waals surface area contributed by atoms with E-state index in [9.17, 15) is 23.7 Å². The highest BCUT2D eigenvalue weighted by Crippen LogP contribution is 2.51. The molecule has 1 aromatic carbocycles. The molecule has 0 bridgehead atoms. The molecule has 3 rings (SSSR count). The van der Waals surface area contributed by atoms with Gasteiger partial charge in [-0.25, -0.2) is 18.7 Å². The van der Waals surface area contributed by atoms with Crippen molar-refractivity contribution in [3.63, 3.8) is 0 Å². The van der Waals surface area contributed by atoms with Crippen LogP contribution < -0.4 is 21.7 Å². The highest BCUT2D eigenvalue weighted by Gasteiger charge is 2.55. The predicted octanol–water partition coefficient (Wildman–Crippen LogP) is 1.03. The van der Waals surface area contributed by atoms with E-state index in [-0.39, 0.29) is 11.7 Å². The molecule has 212 valence electrons. The number of esters is 1. The molecule has 5 N–H and O–H groups in total. The summed E-state index contributed by atoms with van der Waals surface area (Å²) in [6.45, 7) is 0.297. The largest absolute Gasteiger partial charge is 0.463 e. The summed E-state index contributed by atoms with van der Waals surface area (Å²) in [4.78, 5) is 32.1. The van der Waals surface area contributed by atoms with Gasteiger partial charge in [0.25, 0.3) is 0 Å². The number of hydrogen-bond donors (Lipinski definition) is 3. The fourth-order valence-corrected chi connectivity index (χ4v) is 5.29. The lowest BCUT2D eigenvalue weighted by molar-refractivity contribution is -0.151. The fraction of sp³-hybridized carbons (Fsp3) is 0.500. The minimum atomic E-state index is -4.58. The van der Waals surface area contributed by atoms with Crippen molar-refractivity contribution >= 4 is 19.5 Å². The van der Waals surface area contributed by atoms with E-state index in [1.807, 2.05) is 5.92 Å². The van der Waals surface area contributed by atoms with E-state index in [0.29, 0.717) is 4.57 Å². The van der Waals surface area contributed by atoms with Crippen molar-refractivity contribution < 1.29 is 40.1 Å². The molecule has 0 radical (unpaired) electrons. The number of hydrogen-bond acceptors (Lipinski definition) is 12. The molecule has 0 spiro atoms. The number of ether oxygens (including phenoxy) is 2. The molecule has 13 nitrogen and oxygen atoms in total. The van der Waals surface area contributed by atoms with E-state index in [2.05, 4.69) is 15.9 Å².